The standard InChI is InChI=1S/C25H22Cl2N4O4S/c1-15-19(26)10-7-11-21(15)28-24(32)17-12-13-20(27)22(14-17)36(34,35)29-23-16(2)30(3)31(25(23)33)18-8-5-4-6-9-18/h4-14,29H,1-3H3,(H,28,32). The van der Waals surface area contributed by atoms with Crippen molar-refractivity contribution in [2.75, 3.05) is 10.0 Å². The van der Waals surface area contributed by atoms with Gasteiger partial charge in [0.05, 0.1) is 16.4 Å². The highest BCUT2D eigenvalue weighted by Gasteiger charge is 2.25. The minimum atomic E-state index is -4.33. The first kappa shape index (κ1) is 25.6. The van der Waals surface area contributed by atoms with Crippen molar-refractivity contribution in [3.63, 3.8) is 0 Å². The Morgan fingerprint density at radius 1 is 0.917 bits per heavy atom. The van der Waals surface area contributed by atoms with E-state index in [2.05, 4.69) is 10.0 Å². The third-order valence-corrected chi connectivity index (χ3v) is 8.03. The number of aromatic nitrogens is 2. The van der Waals surface area contributed by atoms with Crippen LogP contribution < -0.4 is 15.6 Å². The molecule has 0 unspecified atom stereocenters. The van der Waals surface area contributed by atoms with Crippen LogP contribution in [0, 0.1) is 13.8 Å². The van der Waals surface area contributed by atoms with E-state index in [1.54, 1.807) is 68.0 Å². The largest absolute Gasteiger partial charge is 0.322 e. The lowest BCUT2D eigenvalue weighted by molar-refractivity contribution is 0.102. The van der Waals surface area contributed by atoms with Crippen LogP contribution in [0.25, 0.3) is 5.69 Å². The molecular formula is C25H22Cl2N4O4S. The van der Waals surface area contributed by atoms with Crippen molar-refractivity contribution in [3.05, 3.63) is 104 Å². The molecule has 186 valence electrons. The molecule has 0 radical (unpaired) electrons. The van der Waals surface area contributed by atoms with Gasteiger partial charge in [-0.25, -0.2) is 13.1 Å². The van der Waals surface area contributed by atoms with E-state index in [9.17, 15) is 18.0 Å². The van der Waals surface area contributed by atoms with E-state index in [0.717, 1.165) is 6.07 Å². The van der Waals surface area contributed by atoms with Crippen LogP contribution in [0.2, 0.25) is 10.0 Å². The molecule has 11 heteroatoms. The Balaban J connectivity index is 1.69. The topological polar surface area (TPSA) is 102 Å². The van der Waals surface area contributed by atoms with E-state index < -0.39 is 21.5 Å². The molecular weight excluding hydrogens is 523 g/mol. The predicted octanol–water partition coefficient (Wildman–Crippen LogP) is 5.15. The minimum absolute atomic E-state index is 0.0608. The third kappa shape index (κ3) is 4.77. The van der Waals surface area contributed by atoms with Crippen LogP contribution in [0.3, 0.4) is 0 Å². The summed E-state index contributed by atoms with van der Waals surface area (Å²) >= 11 is 12.3. The van der Waals surface area contributed by atoms with Crippen molar-refractivity contribution in [3.8, 4) is 5.69 Å². The lowest BCUT2D eigenvalue weighted by Gasteiger charge is -2.12. The number of carbonyl (C=O) groups excluding carboxylic acids is 1. The number of rotatable bonds is 6. The normalized spacial score (nSPS) is 11.4. The lowest BCUT2D eigenvalue weighted by atomic mass is 10.1. The second-order valence-corrected chi connectivity index (χ2v) is 10.5. The van der Waals surface area contributed by atoms with Crippen LogP contribution >= 0.6 is 23.2 Å². The Kier molecular flexibility index (Phi) is 6.99. The van der Waals surface area contributed by atoms with Gasteiger partial charge in [-0.05, 0) is 61.9 Å². The van der Waals surface area contributed by atoms with E-state index in [4.69, 9.17) is 23.2 Å². The van der Waals surface area contributed by atoms with E-state index in [0.29, 0.717) is 27.7 Å². The van der Waals surface area contributed by atoms with Crippen molar-refractivity contribution in [1.29, 1.82) is 0 Å². The van der Waals surface area contributed by atoms with Gasteiger partial charge >= 0.3 is 0 Å². The van der Waals surface area contributed by atoms with Gasteiger partial charge in [-0.1, -0.05) is 47.5 Å². The van der Waals surface area contributed by atoms with Gasteiger partial charge in [0.25, 0.3) is 21.5 Å². The molecule has 4 aromatic rings. The van der Waals surface area contributed by atoms with Gasteiger partial charge in [0.2, 0.25) is 0 Å². The molecule has 0 saturated carbocycles. The molecule has 1 aromatic heterocycles. The Hall–Kier alpha value is -3.53. The van der Waals surface area contributed by atoms with Crippen molar-refractivity contribution in [2.24, 2.45) is 7.05 Å². The number of carbonyl (C=O) groups is 1. The van der Waals surface area contributed by atoms with Crippen molar-refractivity contribution >= 4 is 50.5 Å². The fraction of sp³-hybridized carbons (Fsp3) is 0.120. The number of nitrogens with zero attached hydrogens (tertiary/aromatic N) is 2. The van der Waals surface area contributed by atoms with E-state index in [-0.39, 0.29) is 21.2 Å². The Bertz CT molecular complexity index is 1640. The first-order chi connectivity index (χ1) is 17.0. The van der Waals surface area contributed by atoms with E-state index in [1.807, 2.05) is 6.07 Å². The Morgan fingerprint density at radius 2 is 1.61 bits per heavy atom. The smallest absolute Gasteiger partial charge is 0.296 e. The molecule has 0 spiro atoms. The molecule has 0 bridgehead atoms. The zero-order valence-electron chi connectivity index (χ0n) is 19.5. The van der Waals surface area contributed by atoms with E-state index >= 15 is 0 Å². The highest BCUT2D eigenvalue weighted by Crippen LogP contribution is 2.27. The van der Waals surface area contributed by atoms with Crippen molar-refractivity contribution in [2.45, 2.75) is 18.7 Å². The van der Waals surface area contributed by atoms with Gasteiger partial charge in [0, 0.05) is 23.3 Å². The van der Waals surface area contributed by atoms with Gasteiger partial charge in [-0.2, -0.15) is 0 Å². The monoisotopic (exact) mass is 544 g/mol. The van der Waals surface area contributed by atoms with E-state index in [1.165, 1.54) is 16.8 Å². The predicted molar refractivity (Wildman–Crippen MR) is 142 cm³/mol. The summed E-state index contributed by atoms with van der Waals surface area (Å²) in [7, 11) is -2.68. The average molecular weight is 545 g/mol. The summed E-state index contributed by atoms with van der Waals surface area (Å²) in [6, 6.07) is 17.8. The maximum absolute atomic E-state index is 13.3. The molecule has 1 amide bonds. The number of nitrogens with one attached hydrogen (secondary N) is 2. The van der Waals surface area contributed by atoms with Crippen molar-refractivity contribution < 1.29 is 13.2 Å². The third-order valence-electron chi connectivity index (χ3n) is 5.79. The Morgan fingerprint density at radius 3 is 2.31 bits per heavy atom. The number of anilines is 2. The maximum atomic E-state index is 13.3. The van der Waals surface area contributed by atoms with Crippen LogP contribution in [0.4, 0.5) is 11.4 Å². The lowest BCUT2D eigenvalue weighted by Crippen LogP contribution is -2.23. The van der Waals surface area contributed by atoms with Crippen LogP contribution in [0.15, 0.2) is 76.4 Å². The molecule has 0 atom stereocenters. The van der Waals surface area contributed by atoms with Gasteiger partial charge in [0.1, 0.15) is 10.6 Å². The first-order valence-electron chi connectivity index (χ1n) is 10.7. The molecule has 36 heavy (non-hydrogen) atoms. The van der Waals surface area contributed by atoms with Crippen LogP contribution in [0.5, 0.6) is 0 Å². The van der Waals surface area contributed by atoms with Gasteiger partial charge in [-0.15, -0.1) is 0 Å². The average Bonchev–Trinajstić information content (AvgIpc) is 3.05. The summed E-state index contributed by atoms with van der Waals surface area (Å²) in [6.07, 6.45) is 0. The first-order valence-corrected chi connectivity index (χ1v) is 13.0. The summed E-state index contributed by atoms with van der Waals surface area (Å²) in [6.45, 7) is 3.38. The molecule has 8 nitrogen and oxygen atoms in total. The highest BCUT2D eigenvalue weighted by molar-refractivity contribution is 7.92. The fourth-order valence-corrected chi connectivity index (χ4v) is 5.48. The Labute approximate surface area is 218 Å². The number of amides is 1. The summed E-state index contributed by atoms with van der Waals surface area (Å²) in [4.78, 5) is 25.7. The molecule has 0 aliphatic rings. The number of benzene rings is 3. The molecule has 0 fully saturated rings. The molecule has 3 aromatic carbocycles. The highest BCUT2D eigenvalue weighted by atomic mass is 35.5. The second-order valence-electron chi connectivity index (χ2n) is 8.05. The fourth-order valence-electron chi connectivity index (χ4n) is 3.66. The summed E-state index contributed by atoms with van der Waals surface area (Å²) < 4.78 is 31.9. The summed E-state index contributed by atoms with van der Waals surface area (Å²) in [5.41, 5.74) is 1.52. The summed E-state index contributed by atoms with van der Waals surface area (Å²) in [5, 5.41) is 3.10. The van der Waals surface area contributed by atoms with Gasteiger partial charge in [0.15, 0.2) is 0 Å². The van der Waals surface area contributed by atoms with Gasteiger partial charge in [-0.3, -0.25) is 19.0 Å². The minimum Gasteiger partial charge on any atom is -0.322 e. The molecule has 2 N–H and O–H groups in total. The number of para-hydroxylation sites is 1. The number of hydrogen-bond acceptors (Lipinski definition) is 4. The zero-order valence-corrected chi connectivity index (χ0v) is 21.9. The molecule has 0 aliphatic heterocycles. The number of halogens is 2. The quantitative estimate of drug-likeness (QED) is 0.350. The molecule has 1 heterocycles. The molecule has 0 aliphatic carbocycles. The summed E-state index contributed by atoms with van der Waals surface area (Å²) in [5.74, 6) is -0.546. The molecule has 0 saturated heterocycles. The number of hydrogen-bond donors (Lipinski definition) is 2. The SMILES string of the molecule is Cc1c(Cl)cccc1NC(=O)c1ccc(Cl)c(S(=O)(=O)Nc2c(C)n(C)n(-c3ccccc3)c2=O)c1. The maximum Gasteiger partial charge on any atom is 0.296 e. The zero-order chi connectivity index (χ0) is 26.2. The second kappa shape index (κ2) is 9.85. The molecule has 4 rings (SSSR count). The van der Waals surface area contributed by atoms with Gasteiger partial charge < -0.3 is 5.32 Å². The van der Waals surface area contributed by atoms with Crippen LogP contribution in [0.1, 0.15) is 21.6 Å². The van der Waals surface area contributed by atoms with Crippen molar-refractivity contribution in [1.82, 2.24) is 9.36 Å². The van der Waals surface area contributed by atoms with Crippen LogP contribution in [-0.2, 0) is 17.1 Å². The number of sulfonamides is 1. The van der Waals surface area contributed by atoms with Crippen LogP contribution in [-0.4, -0.2) is 23.7 Å².